The van der Waals surface area contributed by atoms with E-state index in [0.29, 0.717) is 11.2 Å². The lowest BCUT2D eigenvalue weighted by Crippen LogP contribution is -2.44. The van der Waals surface area contributed by atoms with Crippen LogP contribution in [0.4, 0.5) is 16.0 Å². The van der Waals surface area contributed by atoms with E-state index in [2.05, 4.69) is 34.6 Å². The second-order valence-electron chi connectivity index (χ2n) is 9.81. The lowest BCUT2D eigenvalue weighted by Gasteiger charge is -2.27. The summed E-state index contributed by atoms with van der Waals surface area (Å²) >= 11 is 5.24. The number of alkyl halides is 1. The number of aromatic nitrogens is 8. The van der Waals surface area contributed by atoms with E-state index in [1.54, 1.807) is 4.57 Å². The van der Waals surface area contributed by atoms with E-state index >= 15 is 4.39 Å². The molecular weight excluding hydrogens is 636 g/mol. The van der Waals surface area contributed by atoms with Crippen molar-refractivity contribution in [2.45, 2.75) is 49.5 Å². The van der Waals surface area contributed by atoms with Gasteiger partial charge in [0.1, 0.15) is 48.2 Å². The number of imidazole rings is 2. The Balaban J connectivity index is 1.15. The minimum atomic E-state index is -4.59. The molecule has 7 rings (SSSR count). The monoisotopic (exact) mass is 659 g/mol. The molecule has 230 valence electrons. The molecule has 3 aliphatic heterocycles. The second kappa shape index (κ2) is 10.5. The molecule has 0 aromatic carbocycles. The molecule has 0 spiro atoms. The van der Waals surface area contributed by atoms with Gasteiger partial charge < -0.3 is 34.9 Å². The molecule has 3 saturated heterocycles. The highest BCUT2D eigenvalue weighted by Crippen LogP contribution is 2.50. The van der Waals surface area contributed by atoms with Crippen molar-refractivity contribution >= 4 is 62.8 Å². The van der Waals surface area contributed by atoms with Crippen LogP contribution in [-0.2, 0) is 44.8 Å². The van der Waals surface area contributed by atoms with Crippen LogP contribution in [-0.4, -0.2) is 96.1 Å². The molecule has 3 fully saturated rings. The maximum atomic E-state index is 15.9. The van der Waals surface area contributed by atoms with E-state index in [9.17, 15) is 13.3 Å². The number of hydrogen-bond acceptors (Lipinski definition) is 16. The van der Waals surface area contributed by atoms with Gasteiger partial charge in [-0.15, -0.1) is 0 Å². The Morgan fingerprint density at radius 1 is 0.977 bits per heavy atom. The van der Waals surface area contributed by atoms with E-state index in [4.69, 9.17) is 46.0 Å². The van der Waals surface area contributed by atoms with E-state index in [0.717, 1.165) is 6.33 Å². The third-order valence-electron chi connectivity index (χ3n) is 7.18. The lowest BCUT2D eigenvalue weighted by atomic mass is 10.1. The maximum Gasteiger partial charge on any atom is 0.336 e. The standard InChI is InChI=1S/C20H23FN11O8PS2/c21-12-15-10(38-20(12)32-7-29-14-17(23)25-5-27-19(14)32)3-36-41(33,42)39-8-1-11(37-9(8)2-30-43(34,35)40-15)31-6-28-13-16(22)24-4-26-18(13)31/h4-12,15,20,30H,1-3H2,(H,33,42)(H2,22,24,26)(H2,23,25,27)/t8-,9+,10+,11+,12+,15+,20+,41?/m0/s1. The Kier molecular flexibility index (Phi) is 7.04. The van der Waals surface area contributed by atoms with Crippen molar-refractivity contribution in [2.24, 2.45) is 0 Å². The minimum absolute atomic E-state index is 0.0572. The van der Waals surface area contributed by atoms with Crippen molar-refractivity contribution in [3.05, 3.63) is 25.3 Å². The highest BCUT2D eigenvalue weighted by molar-refractivity contribution is 8.07. The van der Waals surface area contributed by atoms with Gasteiger partial charge in [0, 0.05) is 13.0 Å². The zero-order valence-electron chi connectivity index (χ0n) is 21.7. The average Bonchev–Trinajstić information content (AvgIpc) is 3.72. The summed E-state index contributed by atoms with van der Waals surface area (Å²) < 4.78 is 75.4. The largest absolute Gasteiger partial charge is 0.382 e. The number of nitrogens with one attached hydrogen (secondary N) is 1. The summed E-state index contributed by atoms with van der Waals surface area (Å²) in [6.45, 7) is -4.96. The summed E-state index contributed by atoms with van der Waals surface area (Å²) in [6.07, 6.45) is -4.07. The highest BCUT2D eigenvalue weighted by Gasteiger charge is 2.51. The smallest absolute Gasteiger partial charge is 0.336 e. The fourth-order valence-corrected chi connectivity index (χ4v) is 7.64. The van der Waals surface area contributed by atoms with E-state index in [1.807, 2.05) is 0 Å². The molecule has 4 aromatic heterocycles. The molecule has 0 saturated carbocycles. The van der Waals surface area contributed by atoms with Crippen molar-refractivity contribution in [3.8, 4) is 0 Å². The molecule has 0 radical (unpaired) electrons. The first-order valence-corrected chi connectivity index (χ1v) is 16.6. The Labute approximate surface area is 246 Å². The first-order valence-electron chi connectivity index (χ1n) is 12.6. The molecule has 0 amide bonds. The predicted molar refractivity (Wildman–Crippen MR) is 146 cm³/mol. The van der Waals surface area contributed by atoms with Crippen LogP contribution < -0.4 is 16.2 Å². The molecule has 3 aliphatic rings. The summed E-state index contributed by atoms with van der Waals surface area (Å²) in [6, 6.07) is 0. The van der Waals surface area contributed by atoms with Crippen LogP contribution in [0.25, 0.3) is 22.3 Å². The van der Waals surface area contributed by atoms with Gasteiger partial charge in [-0.2, -0.15) is 13.1 Å². The topological polar surface area (TPSA) is 252 Å². The van der Waals surface area contributed by atoms with E-state index in [1.165, 1.54) is 23.5 Å². The Morgan fingerprint density at radius 3 is 2.33 bits per heavy atom. The van der Waals surface area contributed by atoms with Gasteiger partial charge in [-0.1, -0.05) is 0 Å². The van der Waals surface area contributed by atoms with Gasteiger partial charge in [0.05, 0.1) is 25.4 Å². The van der Waals surface area contributed by atoms with Gasteiger partial charge in [-0.25, -0.2) is 38.5 Å². The summed E-state index contributed by atoms with van der Waals surface area (Å²) in [5, 5.41) is 0. The highest BCUT2D eigenvalue weighted by atomic mass is 32.5. The van der Waals surface area contributed by atoms with Gasteiger partial charge in [0.15, 0.2) is 35.3 Å². The normalized spacial score (nSPS) is 34.9. The Bertz CT molecular complexity index is 1860. The summed E-state index contributed by atoms with van der Waals surface area (Å²) in [4.78, 5) is 35.3. The fraction of sp³-hybridized carbons (Fsp3) is 0.500. The summed E-state index contributed by atoms with van der Waals surface area (Å²) in [5.74, 6) is 0.218. The van der Waals surface area contributed by atoms with Crippen molar-refractivity contribution < 1.29 is 40.4 Å². The van der Waals surface area contributed by atoms with E-state index in [-0.39, 0.29) is 35.8 Å². The van der Waals surface area contributed by atoms with Gasteiger partial charge >= 0.3 is 17.0 Å². The molecule has 4 aromatic rings. The number of hydrogen-bond donors (Lipinski definition) is 4. The van der Waals surface area contributed by atoms with Crippen LogP contribution in [0.15, 0.2) is 25.3 Å². The molecule has 0 bridgehead atoms. The average molecular weight is 660 g/mol. The zero-order chi connectivity index (χ0) is 30.1. The lowest BCUT2D eigenvalue weighted by molar-refractivity contribution is -0.0453. The number of nitrogens with zero attached hydrogens (tertiary/aromatic N) is 8. The SMILES string of the molecule is Nc1ncnc2c1ncn2[C@@H]1O[C@@H]2COP(O)(=S)O[C@H]3C[C@H](n4cnc5c(N)ncnc54)O[C@@H]3CNS(=O)(=O)O[C@H]2[C@H]1F. The van der Waals surface area contributed by atoms with E-state index < -0.39 is 66.7 Å². The number of fused-ring (bicyclic) bond motifs is 4. The molecule has 23 heteroatoms. The van der Waals surface area contributed by atoms with Crippen LogP contribution in [0.2, 0.25) is 0 Å². The van der Waals surface area contributed by atoms with Gasteiger partial charge in [-0.3, -0.25) is 9.13 Å². The molecule has 0 aliphatic carbocycles. The molecule has 6 N–H and O–H groups in total. The number of rotatable bonds is 2. The van der Waals surface area contributed by atoms with Crippen LogP contribution in [0.3, 0.4) is 0 Å². The van der Waals surface area contributed by atoms with Crippen molar-refractivity contribution in [3.63, 3.8) is 0 Å². The molecule has 1 unspecified atom stereocenters. The molecule has 7 heterocycles. The number of nitrogens with two attached hydrogens (primary N) is 2. The van der Waals surface area contributed by atoms with Crippen LogP contribution in [0.5, 0.6) is 0 Å². The van der Waals surface area contributed by atoms with Crippen LogP contribution in [0, 0.1) is 0 Å². The first kappa shape index (κ1) is 28.7. The summed E-state index contributed by atoms with van der Waals surface area (Å²) in [5.41, 5.74) is 12.8. The van der Waals surface area contributed by atoms with Crippen molar-refractivity contribution in [2.75, 3.05) is 24.6 Å². The maximum absolute atomic E-state index is 15.9. The van der Waals surface area contributed by atoms with Gasteiger partial charge in [0.25, 0.3) is 0 Å². The van der Waals surface area contributed by atoms with Crippen molar-refractivity contribution in [1.29, 1.82) is 0 Å². The van der Waals surface area contributed by atoms with Gasteiger partial charge in [0.2, 0.25) is 0 Å². The van der Waals surface area contributed by atoms with Gasteiger partial charge in [-0.05, 0) is 11.8 Å². The molecular formula is C20H23FN11O8PS2. The number of anilines is 2. The predicted octanol–water partition coefficient (Wildman–Crippen LogP) is -0.795. The molecule has 19 nitrogen and oxygen atoms in total. The fourth-order valence-electron chi connectivity index (χ4n) is 5.20. The summed E-state index contributed by atoms with van der Waals surface area (Å²) in [7, 11) is -4.59. The number of nitrogen functional groups attached to an aromatic ring is 2. The molecule has 43 heavy (non-hydrogen) atoms. The van der Waals surface area contributed by atoms with Crippen molar-refractivity contribution in [1.82, 2.24) is 43.8 Å². The first-order chi connectivity index (χ1) is 20.5. The number of halogens is 1. The Morgan fingerprint density at radius 2 is 1.63 bits per heavy atom. The van der Waals surface area contributed by atoms with Crippen LogP contribution >= 0.6 is 6.72 Å². The zero-order valence-corrected chi connectivity index (χ0v) is 24.2. The van der Waals surface area contributed by atoms with Crippen LogP contribution in [0.1, 0.15) is 18.9 Å². The third kappa shape index (κ3) is 5.22. The number of ether oxygens (including phenoxy) is 2. The molecule has 8 atom stereocenters. The Hall–Kier alpha value is -3.05. The second-order valence-corrected chi connectivity index (χ2v) is 14.0. The quantitative estimate of drug-likeness (QED) is 0.192. The minimum Gasteiger partial charge on any atom is -0.382 e. The third-order valence-corrected chi connectivity index (χ3v) is 9.76.